The molecule has 8 nitrogen and oxygen atoms in total. The number of pyridine rings is 1. The van der Waals surface area contributed by atoms with Gasteiger partial charge in [-0.2, -0.15) is 5.26 Å². The molecule has 170 valence electrons. The molecule has 10 heteroatoms. The van der Waals surface area contributed by atoms with Crippen LogP contribution in [-0.2, 0) is 16.0 Å². The second-order valence-electron chi connectivity index (χ2n) is 7.40. The normalized spacial score (nSPS) is 14.6. The molecule has 1 aromatic carbocycles. The number of carbonyl (C=O) groups is 3. The maximum Gasteiger partial charge on any atom is 0.293 e. The summed E-state index contributed by atoms with van der Waals surface area (Å²) in [5.74, 6) is -1.15. The summed E-state index contributed by atoms with van der Waals surface area (Å²) in [6.45, 7) is 3.50. The highest BCUT2D eigenvalue weighted by Gasteiger charge is 2.34. The largest absolute Gasteiger partial charge is 0.354 e. The molecule has 0 saturated carbocycles. The number of H-pyrrole nitrogens is 1. The fraction of sp³-hybridized carbons (Fsp3) is 0.261. The van der Waals surface area contributed by atoms with Gasteiger partial charge in [-0.3, -0.25) is 24.1 Å². The molecule has 1 saturated heterocycles. The van der Waals surface area contributed by atoms with Gasteiger partial charge >= 0.3 is 0 Å². The number of carbonyl (C=O) groups excluding carboxylic acids is 3. The summed E-state index contributed by atoms with van der Waals surface area (Å²) in [5.41, 5.74) is 2.07. The lowest BCUT2D eigenvalue weighted by Crippen LogP contribution is -2.37. The van der Waals surface area contributed by atoms with Crippen molar-refractivity contribution in [2.24, 2.45) is 0 Å². The SMILES string of the molecule is Cc1[nH]c(=O)c(C#N)c(C)c1CCC(=O)NCCN1C(=O)S/C(=C\c2ccc(F)cc2)C1=O. The minimum atomic E-state index is -0.466. The van der Waals surface area contributed by atoms with E-state index in [4.69, 9.17) is 5.26 Å². The van der Waals surface area contributed by atoms with Gasteiger partial charge in [0, 0.05) is 25.2 Å². The molecule has 33 heavy (non-hydrogen) atoms. The number of thioether (sulfide) groups is 1. The van der Waals surface area contributed by atoms with E-state index in [0.29, 0.717) is 23.2 Å². The number of imide groups is 1. The van der Waals surface area contributed by atoms with Crippen molar-refractivity contribution in [2.75, 3.05) is 13.1 Å². The van der Waals surface area contributed by atoms with E-state index in [1.165, 1.54) is 30.3 Å². The molecule has 0 unspecified atom stereocenters. The van der Waals surface area contributed by atoms with Gasteiger partial charge in [0.05, 0.1) is 4.91 Å². The third kappa shape index (κ3) is 5.56. The zero-order valence-electron chi connectivity index (χ0n) is 18.0. The molecule has 1 fully saturated rings. The summed E-state index contributed by atoms with van der Waals surface area (Å²) in [5, 5.41) is 11.4. The van der Waals surface area contributed by atoms with Crippen molar-refractivity contribution in [2.45, 2.75) is 26.7 Å². The topological polar surface area (TPSA) is 123 Å². The summed E-state index contributed by atoms with van der Waals surface area (Å²) in [6, 6.07) is 7.43. The van der Waals surface area contributed by atoms with Crippen molar-refractivity contribution in [3.8, 4) is 6.07 Å². The Morgan fingerprint density at radius 3 is 2.61 bits per heavy atom. The van der Waals surface area contributed by atoms with Crippen molar-refractivity contribution in [1.82, 2.24) is 15.2 Å². The highest BCUT2D eigenvalue weighted by atomic mass is 32.2. The van der Waals surface area contributed by atoms with Crippen molar-refractivity contribution >= 4 is 34.9 Å². The predicted molar refractivity (Wildman–Crippen MR) is 122 cm³/mol. The van der Waals surface area contributed by atoms with Crippen LogP contribution in [0, 0.1) is 31.0 Å². The molecule has 0 spiro atoms. The first-order valence-electron chi connectivity index (χ1n) is 10.1. The van der Waals surface area contributed by atoms with Crippen LogP contribution >= 0.6 is 11.8 Å². The van der Waals surface area contributed by atoms with Crippen LogP contribution in [0.15, 0.2) is 34.0 Å². The number of aromatic amines is 1. The van der Waals surface area contributed by atoms with E-state index < -0.39 is 22.5 Å². The molecule has 3 rings (SSSR count). The number of halogens is 1. The number of benzene rings is 1. The molecule has 0 atom stereocenters. The third-order valence-electron chi connectivity index (χ3n) is 5.22. The molecular weight excluding hydrogens is 447 g/mol. The van der Waals surface area contributed by atoms with Crippen molar-refractivity contribution in [3.63, 3.8) is 0 Å². The molecular formula is C23H21FN4O4S. The van der Waals surface area contributed by atoms with Gasteiger partial charge in [0.25, 0.3) is 16.7 Å². The molecule has 3 amide bonds. The van der Waals surface area contributed by atoms with Gasteiger partial charge in [0.1, 0.15) is 17.4 Å². The van der Waals surface area contributed by atoms with Gasteiger partial charge in [-0.25, -0.2) is 4.39 Å². The summed E-state index contributed by atoms with van der Waals surface area (Å²) >= 11 is 0.792. The van der Waals surface area contributed by atoms with Gasteiger partial charge in [0.15, 0.2) is 0 Å². The molecule has 1 aliphatic rings. The first kappa shape index (κ1) is 23.9. The van der Waals surface area contributed by atoms with E-state index in [1.54, 1.807) is 13.8 Å². The number of aromatic nitrogens is 1. The smallest absolute Gasteiger partial charge is 0.293 e. The van der Waals surface area contributed by atoms with Crippen LogP contribution in [-0.4, -0.2) is 40.0 Å². The summed E-state index contributed by atoms with van der Waals surface area (Å²) in [7, 11) is 0. The second kappa shape index (κ2) is 10.3. The summed E-state index contributed by atoms with van der Waals surface area (Å²) < 4.78 is 13.0. The average molecular weight is 469 g/mol. The highest BCUT2D eigenvalue weighted by Crippen LogP contribution is 2.31. The standard InChI is InChI=1S/C23H21FN4O4S/c1-13-17(14(2)27-21(30)18(13)12-25)7-8-20(29)26-9-10-28-22(31)19(33-23(28)32)11-15-3-5-16(24)6-4-15/h3-6,11H,7-10H2,1-2H3,(H,26,29)(H,27,30)/b19-11-. The Kier molecular flexibility index (Phi) is 7.45. The van der Waals surface area contributed by atoms with Gasteiger partial charge in [-0.05, 0) is 66.9 Å². The molecule has 0 aliphatic carbocycles. The van der Waals surface area contributed by atoms with Crippen LogP contribution < -0.4 is 10.9 Å². The molecule has 0 radical (unpaired) electrons. The Morgan fingerprint density at radius 2 is 1.94 bits per heavy atom. The Hall–Kier alpha value is -3.71. The number of nitrogens with zero attached hydrogens (tertiary/aromatic N) is 2. The number of nitriles is 1. The fourth-order valence-electron chi connectivity index (χ4n) is 3.46. The zero-order chi connectivity index (χ0) is 24.1. The van der Waals surface area contributed by atoms with E-state index in [-0.39, 0.29) is 35.9 Å². The van der Waals surface area contributed by atoms with Crippen molar-refractivity contribution in [1.29, 1.82) is 5.26 Å². The number of hydrogen-bond acceptors (Lipinski definition) is 6. The van der Waals surface area contributed by atoms with E-state index in [9.17, 15) is 23.6 Å². The first-order chi connectivity index (χ1) is 15.7. The van der Waals surface area contributed by atoms with Crippen LogP contribution in [0.1, 0.15) is 34.4 Å². The lowest BCUT2D eigenvalue weighted by Gasteiger charge is -2.14. The lowest BCUT2D eigenvalue weighted by atomic mass is 9.99. The van der Waals surface area contributed by atoms with E-state index in [2.05, 4.69) is 10.3 Å². The van der Waals surface area contributed by atoms with Crippen LogP contribution in [0.5, 0.6) is 0 Å². The minimum absolute atomic E-state index is 0.0203. The zero-order valence-corrected chi connectivity index (χ0v) is 18.8. The van der Waals surface area contributed by atoms with Crippen LogP contribution in [0.3, 0.4) is 0 Å². The molecule has 2 N–H and O–H groups in total. The number of nitrogens with one attached hydrogen (secondary N) is 2. The number of hydrogen-bond donors (Lipinski definition) is 2. The molecule has 0 bridgehead atoms. The second-order valence-corrected chi connectivity index (χ2v) is 8.40. The third-order valence-corrected chi connectivity index (χ3v) is 6.13. The molecule has 2 aromatic rings. The summed E-state index contributed by atoms with van der Waals surface area (Å²) in [4.78, 5) is 52.7. The monoisotopic (exact) mass is 468 g/mol. The molecule has 1 aliphatic heterocycles. The predicted octanol–water partition coefficient (Wildman–Crippen LogP) is 2.79. The Bertz CT molecular complexity index is 1240. The minimum Gasteiger partial charge on any atom is -0.354 e. The van der Waals surface area contributed by atoms with Crippen molar-refractivity contribution in [3.05, 3.63) is 73.3 Å². The Balaban J connectivity index is 1.53. The van der Waals surface area contributed by atoms with Crippen molar-refractivity contribution < 1.29 is 18.8 Å². The average Bonchev–Trinajstić information content (AvgIpc) is 3.02. The van der Waals surface area contributed by atoms with Crippen LogP contribution in [0.4, 0.5) is 9.18 Å². The maximum absolute atomic E-state index is 13.0. The van der Waals surface area contributed by atoms with Crippen LogP contribution in [0.2, 0.25) is 0 Å². The summed E-state index contributed by atoms with van der Waals surface area (Å²) in [6.07, 6.45) is 1.97. The van der Waals surface area contributed by atoms with Gasteiger partial charge in [-0.1, -0.05) is 12.1 Å². The molecule has 2 heterocycles. The molecule has 1 aromatic heterocycles. The quantitative estimate of drug-likeness (QED) is 0.603. The number of rotatable bonds is 7. The van der Waals surface area contributed by atoms with Gasteiger partial charge in [-0.15, -0.1) is 0 Å². The van der Waals surface area contributed by atoms with E-state index in [0.717, 1.165) is 22.2 Å². The van der Waals surface area contributed by atoms with Gasteiger partial charge < -0.3 is 10.3 Å². The number of aryl methyl sites for hydroxylation is 1. The van der Waals surface area contributed by atoms with E-state index in [1.807, 2.05) is 6.07 Å². The van der Waals surface area contributed by atoms with E-state index >= 15 is 0 Å². The lowest BCUT2D eigenvalue weighted by molar-refractivity contribution is -0.124. The Labute approximate surface area is 193 Å². The number of amides is 3. The maximum atomic E-state index is 13.0. The highest BCUT2D eigenvalue weighted by molar-refractivity contribution is 8.18. The fourth-order valence-corrected chi connectivity index (χ4v) is 4.32. The Morgan fingerprint density at radius 1 is 1.24 bits per heavy atom. The van der Waals surface area contributed by atoms with Crippen LogP contribution in [0.25, 0.3) is 6.08 Å². The van der Waals surface area contributed by atoms with Gasteiger partial charge in [0.2, 0.25) is 5.91 Å². The first-order valence-corrected chi connectivity index (χ1v) is 10.9.